The molecular formula is C14H16F2N4. The zero-order valence-electron chi connectivity index (χ0n) is 11.2. The molecule has 1 aromatic heterocycles. The lowest BCUT2D eigenvalue weighted by molar-refractivity contribution is 0.394. The number of nitrogens with zero attached hydrogens (tertiary/aromatic N) is 3. The second kappa shape index (κ2) is 5.28. The Bertz CT molecular complexity index is 624. The van der Waals surface area contributed by atoms with Crippen molar-refractivity contribution < 1.29 is 8.78 Å². The molecule has 3 rings (SSSR count). The van der Waals surface area contributed by atoms with Gasteiger partial charge in [-0.1, -0.05) is 13.3 Å². The summed E-state index contributed by atoms with van der Waals surface area (Å²) in [6.45, 7) is 3.54. The predicted octanol–water partition coefficient (Wildman–Crippen LogP) is 2.67. The molecule has 6 heteroatoms. The maximum Gasteiger partial charge on any atom is 0.167 e. The van der Waals surface area contributed by atoms with Crippen molar-refractivity contribution in [3.8, 4) is 11.4 Å². The molecule has 0 saturated heterocycles. The molecule has 1 unspecified atom stereocenters. The number of halogens is 2. The van der Waals surface area contributed by atoms with Gasteiger partial charge in [0, 0.05) is 13.1 Å². The van der Waals surface area contributed by atoms with Gasteiger partial charge in [0.05, 0.1) is 11.6 Å². The van der Waals surface area contributed by atoms with Crippen molar-refractivity contribution in [3.63, 3.8) is 0 Å². The highest BCUT2D eigenvalue weighted by Crippen LogP contribution is 2.27. The van der Waals surface area contributed by atoms with E-state index < -0.39 is 11.6 Å². The predicted molar refractivity (Wildman–Crippen MR) is 71.0 cm³/mol. The third kappa shape index (κ3) is 2.20. The average molecular weight is 278 g/mol. The zero-order valence-corrected chi connectivity index (χ0v) is 11.2. The summed E-state index contributed by atoms with van der Waals surface area (Å²) in [6, 6.07) is 3.53. The van der Waals surface area contributed by atoms with Gasteiger partial charge in [0.25, 0.3) is 0 Å². The van der Waals surface area contributed by atoms with Crippen molar-refractivity contribution in [1.29, 1.82) is 0 Å². The smallest absolute Gasteiger partial charge is 0.167 e. The molecule has 1 aliphatic heterocycles. The second-order valence-corrected chi connectivity index (χ2v) is 4.95. The van der Waals surface area contributed by atoms with E-state index >= 15 is 0 Å². The maximum absolute atomic E-state index is 13.9. The molecule has 106 valence electrons. The van der Waals surface area contributed by atoms with Gasteiger partial charge in [0.15, 0.2) is 11.6 Å². The Hall–Kier alpha value is -1.82. The van der Waals surface area contributed by atoms with Gasteiger partial charge in [0.1, 0.15) is 11.6 Å². The fourth-order valence-corrected chi connectivity index (χ4v) is 2.62. The van der Waals surface area contributed by atoms with E-state index in [-0.39, 0.29) is 11.6 Å². The standard InChI is InChI=1S/C14H16F2N4/c1-2-3-12-14-19-18-13(20(14)7-6-17-12)10-8-9(15)4-5-11(10)16/h4-5,8,12,17H,2-3,6-7H2,1H3. The zero-order chi connectivity index (χ0) is 14.1. The summed E-state index contributed by atoms with van der Waals surface area (Å²) in [6.07, 6.45) is 1.97. The van der Waals surface area contributed by atoms with Crippen molar-refractivity contribution in [2.75, 3.05) is 6.54 Å². The van der Waals surface area contributed by atoms with Crippen LogP contribution in [0.3, 0.4) is 0 Å². The van der Waals surface area contributed by atoms with Gasteiger partial charge in [-0.25, -0.2) is 8.78 Å². The second-order valence-electron chi connectivity index (χ2n) is 4.95. The number of benzene rings is 1. The average Bonchev–Trinajstić information content (AvgIpc) is 2.87. The first-order valence-electron chi connectivity index (χ1n) is 6.82. The van der Waals surface area contributed by atoms with Gasteiger partial charge in [-0.15, -0.1) is 10.2 Å². The fourth-order valence-electron chi connectivity index (χ4n) is 2.62. The van der Waals surface area contributed by atoms with E-state index in [1.807, 2.05) is 4.57 Å². The number of aromatic nitrogens is 3. The van der Waals surface area contributed by atoms with Crippen LogP contribution >= 0.6 is 0 Å². The summed E-state index contributed by atoms with van der Waals surface area (Å²) >= 11 is 0. The van der Waals surface area contributed by atoms with Crippen molar-refractivity contribution >= 4 is 0 Å². The maximum atomic E-state index is 13.9. The third-order valence-electron chi connectivity index (χ3n) is 3.56. The molecule has 0 saturated carbocycles. The van der Waals surface area contributed by atoms with Crippen molar-refractivity contribution in [2.24, 2.45) is 0 Å². The number of fused-ring (bicyclic) bond motifs is 1. The summed E-state index contributed by atoms with van der Waals surface area (Å²) in [7, 11) is 0. The number of hydrogen-bond acceptors (Lipinski definition) is 3. The van der Waals surface area contributed by atoms with E-state index in [1.165, 1.54) is 6.07 Å². The summed E-state index contributed by atoms with van der Waals surface area (Å²) in [5.74, 6) is 0.251. The number of nitrogens with one attached hydrogen (secondary N) is 1. The normalized spacial score (nSPS) is 18.1. The lowest BCUT2D eigenvalue weighted by Gasteiger charge is -2.24. The molecule has 0 spiro atoms. The van der Waals surface area contributed by atoms with Crippen LogP contribution < -0.4 is 5.32 Å². The fraction of sp³-hybridized carbons (Fsp3) is 0.429. The molecule has 1 aromatic carbocycles. The van der Waals surface area contributed by atoms with Gasteiger partial charge in [-0.05, 0) is 24.6 Å². The third-order valence-corrected chi connectivity index (χ3v) is 3.56. The lowest BCUT2D eigenvalue weighted by Crippen LogP contribution is -2.33. The molecule has 0 aliphatic carbocycles. The molecule has 2 heterocycles. The monoisotopic (exact) mass is 278 g/mol. The van der Waals surface area contributed by atoms with Crippen molar-refractivity contribution in [2.45, 2.75) is 32.4 Å². The minimum Gasteiger partial charge on any atom is -0.308 e. The summed E-state index contributed by atoms with van der Waals surface area (Å²) in [4.78, 5) is 0. The van der Waals surface area contributed by atoms with Crippen LogP contribution in [-0.2, 0) is 6.54 Å². The van der Waals surface area contributed by atoms with Crippen LogP contribution in [0.25, 0.3) is 11.4 Å². The van der Waals surface area contributed by atoms with Crippen molar-refractivity contribution in [1.82, 2.24) is 20.1 Å². The van der Waals surface area contributed by atoms with Gasteiger partial charge in [-0.3, -0.25) is 0 Å². The topological polar surface area (TPSA) is 42.7 Å². The van der Waals surface area contributed by atoms with E-state index in [1.54, 1.807) is 0 Å². The molecular weight excluding hydrogens is 262 g/mol. The van der Waals surface area contributed by atoms with Gasteiger partial charge in [-0.2, -0.15) is 0 Å². The van der Waals surface area contributed by atoms with Gasteiger partial charge in [0.2, 0.25) is 0 Å². The molecule has 1 atom stereocenters. The number of hydrogen-bond donors (Lipinski definition) is 1. The van der Waals surface area contributed by atoms with Crippen molar-refractivity contribution in [3.05, 3.63) is 35.7 Å². The molecule has 2 aromatic rings. The summed E-state index contributed by atoms with van der Waals surface area (Å²) < 4.78 is 29.1. The Morgan fingerprint density at radius 1 is 1.35 bits per heavy atom. The van der Waals surface area contributed by atoms with E-state index in [9.17, 15) is 8.78 Å². The van der Waals surface area contributed by atoms with Crippen LogP contribution in [0, 0.1) is 11.6 Å². The van der Waals surface area contributed by atoms with E-state index in [0.717, 1.165) is 37.3 Å². The lowest BCUT2D eigenvalue weighted by atomic mass is 10.1. The minimum absolute atomic E-state index is 0.131. The molecule has 20 heavy (non-hydrogen) atoms. The van der Waals surface area contributed by atoms with E-state index in [4.69, 9.17) is 0 Å². The molecule has 1 N–H and O–H groups in total. The summed E-state index contributed by atoms with van der Waals surface area (Å²) in [5, 5.41) is 11.6. The van der Waals surface area contributed by atoms with Gasteiger partial charge >= 0.3 is 0 Å². The highest BCUT2D eigenvalue weighted by molar-refractivity contribution is 5.56. The first-order valence-corrected chi connectivity index (χ1v) is 6.82. The molecule has 1 aliphatic rings. The minimum atomic E-state index is -0.479. The van der Waals surface area contributed by atoms with Crippen LogP contribution in [0.5, 0.6) is 0 Å². The largest absolute Gasteiger partial charge is 0.308 e. The van der Waals surface area contributed by atoms with Crippen LogP contribution in [0.1, 0.15) is 31.6 Å². The first-order chi connectivity index (χ1) is 9.70. The Labute approximate surface area is 115 Å². The quantitative estimate of drug-likeness (QED) is 0.938. The van der Waals surface area contributed by atoms with E-state index in [0.29, 0.717) is 12.4 Å². The molecule has 0 amide bonds. The Balaban J connectivity index is 2.06. The first kappa shape index (κ1) is 13.2. The Morgan fingerprint density at radius 3 is 3.00 bits per heavy atom. The van der Waals surface area contributed by atoms with Crippen LogP contribution in [-0.4, -0.2) is 21.3 Å². The molecule has 0 radical (unpaired) electrons. The number of rotatable bonds is 3. The highest BCUT2D eigenvalue weighted by atomic mass is 19.1. The Kier molecular flexibility index (Phi) is 3.48. The van der Waals surface area contributed by atoms with E-state index in [2.05, 4.69) is 22.4 Å². The molecule has 0 bridgehead atoms. The van der Waals surface area contributed by atoms with Crippen LogP contribution in [0.2, 0.25) is 0 Å². The van der Waals surface area contributed by atoms with Crippen LogP contribution in [0.4, 0.5) is 8.78 Å². The van der Waals surface area contributed by atoms with Gasteiger partial charge < -0.3 is 9.88 Å². The molecule has 4 nitrogen and oxygen atoms in total. The van der Waals surface area contributed by atoms with Crippen LogP contribution in [0.15, 0.2) is 18.2 Å². The SMILES string of the molecule is CCCC1NCCn2c(-c3cc(F)ccc3F)nnc21. The Morgan fingerprint density at radius 2 is 2.20 bits per heavy atom. The highest BCUT2D eigenvalue weighted by Gasteiger charge is 2.25. The summed E-state index contributed by atoms with van der Waals surface area (Å²) in [5.41, 5.74) is 0.167. The molecule has 0 fully saturated rings.